The number of rotatable bonds is 0. The minimum atomic E-state index is -0.248. The molecule has 2 aromatic rings. The summed E-state index contributed by atoms with van der Waals surface area (Å²) in [4.78, 5) is 4.20. The van der Waals surface area contributed by atoms with Gasteiger partial charge >= 0.3 is 0 Å². The summed E-state index contributed by atoms with van der Waals surface area (Å²) in [6, 6.07) is 6.19. The maximum absolute atomic E-state index is 5.77. The Morgan fingerprint density at radius 2 is 2.27 bits per heavy atom. The summed E-state index contributed by atoms with van der Waals surface area (Å²) in [5.41, 5.74) is 4.08. The number of hydrogen-bond donors (Lipinski definition) is 1. The molecule has 0 amide bonds. The van der Waals surface area contributed by atoms with Crippen molar-refractivity contribution in [3.05, 3.63) is 29.3 Å². The smallest absolute Gasteiger partial charge is 0.198 e. The first-order valence-electron chi connectivity index (χ1n) is 3.40. The Kier molecular flexibility index (Phi) is 1.41. The first kappa shape index (κ1) is 6.76. The number of aryl methyl sites for hydroxylation is 1. The maximum Gasteiger partial charge on any atom is 0.252 e. The highest BCUT2D eigenvalue weighted by atomic mass is 32.2. The molecule has 0 bridgehead atoms. The van der Waals surface area contributed by atoms with Crippen LogP contribution in [0.15, 0.2) is 23.7 Å². The van der Waals surface area contributed by atoms with Crippen LogP contribution in [0.2, 0.25) is 0 Å². The van der Waals surface area contributed by atoms with Gasteiger partial charge in [-0.15, -0.1) is 5.14 Å². The standard InChI is InChI=1S/C8H9N2S/c1-6-2-3-8-7(4-6)10-5-11(8)9/h2-5H,9H2,1H3/q+1. The zero-order valence-electron chi connectivity index (χ0n) is 6.24. The first-order valence-corrected chi connectivity index (χ1v) is 4.75. The average Bonchev–Trinajstić information content (AvgIpc) is 2.32. The van der Waals surface area contributed by atoms with Crippen LogP contribution in [0.3, 0.4) is 0 Å². The molecule has 1 aromatic heterocycles. The van der Waals surface area contributed by atoms with Crippen LogP contribution in [-0.4, -0.2) is 4.98 Å². The van der Waals surface area contributed by atoms with Gasteiger partial charge in [0.1, 0.15) is 5.52 Å². The van der Waals surface area contributed by atoms with Crippen molar-refractivity contribution in [2.24, 2.45) is 0 Å². The van der Waals surface area contributed by atoms with Gasteiger partial charge in [0, 0.05) is 6.07 Å². The lowest BCUT2D eigenvalue weighted by molar-refractivity contribution is 1.45. The van der Waals surface area contributed by atoms with Crippen LogP contribution in [0.25, 0.3) is 10.2 Å². The van der Waals surface area contributed by atoms with Gasteiger partial charge in [0.05, 0.1) is 10.7 Å². The second kappa shape index (κ2) is 2.29. The highest BCUT2D eigenvalue weighted by Crippen LogP contribution is 2.23. The van der Waals surface area contributed by atoms with Crippen molar-refractivity contribution >= 4 is 20.9 Å². The Morgan fingerprint density at radius 3 is 3.09 bits per heavy atom. The van der Waals surface area contributed by atoms with E-state index in [2.05, 4.69) is 30.1 Å². The molecule has 0 aliphatic heterocycles. The average molecular weight is 165 g/mol. The van der Waals surface area contributed by atoms with Gasteiger partial charge in [-0.1, -0.05) is 6.07 Å². The number of nitrogens with zero attached hydrogens (tertiary/aromatic N) is 1. The van der Waals surface area contributed by atoms with Crippen molar-refractivity contribution in [3.63, 3.8) is 0 Å². The predicted molar refractivity (Wildman–Crippen MR) is 49.1 cm³/mol. The van der Waals surface area contributed by atoms with Crippen LogP contribution in [0.4, 0.5) is 0 Å². The molecule has 11 heavy (non-hydrogen) atoms. The SMILES string of the molecule is Cc1ccc2c(c1)nc[s+]2N. The fourth-order valence-electron chi connectivity index (χ4n) is 1.10. The van der Waals surface area contributed by atoms with E-state index < -0.39 is 0 Å². The highest BCUT2D eigenvalue weighted by molar-refractivity contribution is 7.35. The molecular formula is C8H9N2S+. The molecule has 0 saturated heterocycles. The largest absolute Gasteiger partial charge is 0.252 e. The van der Waals surface area contributed by atoms with Crippen molar-refractivity contribution in [1.29, 1.82) is 0 Å². The molecule has 1 atom stereocenters. The van der Waals surface area contributed by atoms with Crippen molar-refractivity contribution in [1.82, 2.24) is 4.98 Å². The van der Waals surface area contributed by atoms with Crippen molar-refractivity contribution in [2.75, 3.05) is 5.14 Å². The van der Waals surface area contributed by atoms with E-state index in [4.69, 9.17) is 5.14 Å². The van der Waals surface area contributed by atoms with E-state index >= 15 is 0 Å². The monoisotopic (exact) mass is 165 g/mol. The number of nitrogens with two attached hydrogens (primary N) is 1. The van der Waals surface area contributed by atoms with Gasteiger partial charge in [-0.2, -0.15) is 4.98 Å². The normalized spacial score (nSPS) is 12.4. The van der Waals surface area contributed by atoms with E-state index in [-0.39, 0.29) is 10.7 Å². The van der Waals surface area contributed by atoms with Gasteiger partial charge in [0.2, 0.25) is 4.70 Å². The van der Waals surface area contributed by atoms with Crippen molar-refractivity contribution in [2.45, 2.75) is 6.92 Å². The summed E-state index contributed by atoms with van der Waals surface area (Å²) in [6.07, 6.45) is 0. The second-order valence-electron chi connectivity index (χ2n) is 2.58. The third-order valence-corrected chi connectivity index (χ3v) is 2.86. The molecule has 0 aliphatic rings. The van der Waals surface area contributed by atoms with E-state index in [0.717, 1.165) is 10.2 Å². The Labute approximate surface area is 67.8 Å². The molecule has 0 aliphatic carbocycles. The van der Waals surface area contributed by atoms with Gasteiger partial charge in [-0.3, -0.25) is 0 Å². The third kappa shape index (κ3) is 1.02. The van der Waals surface area contributed by atoms with E-state index in [0.29, 0.717) is 0 Å². The molecule has 3 heteroatoms. The zero-order valence-corrected chi connectivity index (χ0v) is 7.06. The van der Waals surface area contributed by atoms with Gasteiger partial charge in [-0.05, 0) is 18.6 Å². The molecule has 56 valence electrons. The van der Waals surface area contributed by atoms with Gasteiger partial charge in [0.15, 0.2) is 0 Å². The van der Waals surface area contributed by atoms with E-state index in [1.807, 2.05) is 5.51 Å². The number of fused-ring (bicyclic) bond motifs is 1. The van der Waals surface area contributed by atoms with E-state index in [9.17, 15) is 0 Å². The zero-order chi connectivity index (χ0) is 7.84. The fourth-order valence-corrected chi connectivity index (χ4v) is 2.02. The predicted octanol–water partition coefficient (Wildman–Crippen LogP) is 2.01. The van der Waals surface area contributed by atoms with Crippen molar-refractivity contribution < 1.29 is 0 Å². The van der Waals surface area contributed by atoms with Gasteiger partial charge < -0.3 is 0 Å². The summed E-state index contributed by atoms with van der Waals surface area (Å²) in [5, 5.41) is 5.77. The summed E-state index contributed by atoms with van der Waals surface area (Å²) < 4.78 is 1.16. The maximum atomic E-state index is 5.77. The van der Waals surface area contributed by atoms with E-state index in [1.165, 1.54) is 5.56 Å². The summed E-state index contributed by atoms with van der Waals surface area (Å²) >= 11 is 0. The molecule has 2 N–H and O–H groups in total. The summed E-state index contributed by atoms with van der Waals surface area (Å²) in [6.45, 7) is 2.06. The van der Waals surface area contributed by atoms with Gasteiger partial charge in [-0.25, -0.2) is 0 Å². The fraction of sp³-hybridized carbons (Fsp3) is 0.125. The molecule has 1 aromatic carbocycles. The van der Waals surface area contributed by atoms with Crippen molar-refractivity contribution in [3.8, 4) is 0 Å². The number of benzene rings is 1. The van der Waals surface area contributed by atoms with Crippen LogP contribution in [-0.2, 0) is 0 Å². The molecule has 2 rings (SSSR count). The Morgan fingerprint density at radius 1 is 1.45 bits per heavy atom. The topological polar surface area (TPSA) is 38.9 Å². The molecule has 0 saturated carbocycles. The molecular weight excluding hydrogens is 156 g/mol. The minimum Gasteiger partial charge on any atom is -0.198 e. The number of hydrogen-bond acceptors (Lipinski definition) is 2. The van der Waals surface area contributed by atoms with Crippen LogP contribution in [0, 0.1) is 6.92 Å². The molecule has 1 heterocycles. The quantitative estimate of drug-likeness (QED) is 0.606. The number of aromatic nitrogens is 1. The summed E-state index contributed by atoms with van der Waals surface area (Å²) in [5.74, 6) is 0. The number of thiazole rings is 1. The highest BCUT2D eigenvalue weighted by Gasteiger charge is 2.08. The van der Waals surface area contributed by atoms with Crippen LogP contribution in [0.5, 0.6) is 0 Å². The lowest BCUT2D eigenvalue weighted by atomic mass is 10.2. The van der Waals surface area contributed by atoms with Crippen LogP contribution in [0.1, 0.15) is 5.56 Å². The first-order chi connectivity index (χ1) is 5.27. The molecule has 2 nitrogen and oxygen atoms in total. The molecule has 0 spiro atoms. The van der Waals surface area contributed by atoms with Crippen LogP contribution < -0.4 is 5.14 Å². The second-order valence-corrected chi connectivity index (χ2v) is 3.97. The molecule has 0 fully saturated rings. The van der Waals surface area contributed by atoms with E-state index in [1.54, 1.807) is 0 Å². The number of nitrogen functional groups attached to an aromatic ring is 1. The van der Waals surface area contributed by atoms with Crippen LogP contribution >= 0.6 is 10.7 Å². The Bertz CT molecular complexity index is 392. The summed E-state index contributed by atoms with van der Waals surface area (Å²) in [7, 11) is -0.248. The third-order valence-electron chi connectivity index (χ3n) is 1.67. The molecule has 0 radical (unpaired) electrons. The lowest BCUT2D eigenvalue weighted by Crippen LogP contribution is -1.76. The minimum absolute atomic E-state index is 0.248. The molecule has 1 unspecified atom stereocenters. The lowest BCUT2D eigenvalue weighted by Gasteiger charge is -1.86. The van der Waals surface area contributed by atoms with Gasteiger partial charge in [0.25, 0.3) is 5.51 Å². The Balaban J connectivity index is 2.86. The Hall–Kier alpha value is -0.930.